The van der Waals surface area contributed by atoms with Crippen molar-refractivity contribution in [2.45, 2.75) is 44.2 Å². The molecule has 7 nitrogen and oxygen atoms in total. The molecule has 0 saturated heterocycles. The van der Waals surface area contributed by atoms with Gasteiger partial charge in [0.2, 0.25) is 5.91 Å². The van der Waals surface area contributed by atoms with Gasteiger partial charge < -0.3 is 20.1 Å². The van der Waals surface area contributed by atoms with Crippen LogP contribution in [0.4, 0.5) is 5.82 Å². The van der Waals surface area contributed by atoms with Gasteiger partial charge in [-0.25, -0.2) is 0 Å². The van der Waals surface area contributed by atoms with E-state index in [1.165, 1.54) is 20.3 Å². The molecule has 9 heteroatoms. The summed E-state index contributed by atoms with van der Waals surface area (Å²) in [5, 5.41) is 14.6. The lowest BCUT2D eigenvalue weighted by molar-refractivity contribution is -0.117. The van der Waals surface area contributed by atoms with Crippen molar-refractivity contribution in [1.29, 1.82) is 0 Å². The monoisotopic (exact) mass is 452 g/mol. The van der Waals surface area contributed by atoms with Crippen LogP contribution in [0.2, 0.25) is 10.0 Å². The highest BCUT2D eigenvalue weighted by Crippen LogP contribution is 2.40. The van der Waals surface area contributed by atoms with E-state index in [-0.39, 0.29) is 17.9 Å². The summed E-state index contributed by atoms with van der Waals surface area (Å²) in [4.78, 5) is 11.8. The van der Waals surface area contributed by atoms with Crippen molar-refractivity contribution in [2.24, 2.45) is 0 Å². The van der Waals surface area contributed by atoms with Crippen LogP contribution < -0.4 is 20.1 Å². The van der Waals surface area contributed by atoms with Crippen molar-refractivity contribution in [3.8, 4) is 11.5 Å². The average Bonchev–Trinajstić information content (AvgIpc) is 3.23. The lowest BCUT2D eigenvalue weighted by atomic mass is 9.82. The fourth-order valence-corrected chi connectivity index (χ4v) is 4.44. The molecule has 1 fully saturated rings. The number of hydrogen-bond acceptors (Lipinski definition) is 5. The van der Waals surface area contributed by atoms with E-state index in [9.17, 15) is 4.79 Å². The first-order valence-corrected chi connectivity index (χ1v) is 10.5. The number of methoxy groups -OCH3 is 2. The Morgan fingerprint density at radius 1 is 1.23 bits per heavy atom. The van der Waals surface area contributed by atoms with Gasteiger partial charge >= 0.3 is 0 Å². The van der Waals surface area contributed by atoms with E-state index in [0.717, 1.165) is 31.4 Å². The molecule has 0 bridgehead atoms. The predicted octanol–water partition coefficient (Wildman–Crippen LogP) is 4.67. The number of hydrogen-bond donors (Lipinski definition) is 3. The van der Waals surface area contributed by atoms with Crippen LogP contribution in [0, 0.1) is 0 Å². The van der Waals surface area contributed by atoms with Crippen molar-refractivity contribution in [2.75, 3.05) is 19.5 Å². The third kappa shape index (κ3) is 4.84. The highest BCUT2D eigenvalue weighted by molar-refractivity contribution is 6.37. The van der Waals surface area contributed by atoms with Crippen LogP contribution in [0.25, 0.3) is 0 Å². The number of rotatable bonds is 8. The number of aromatic amines is 1. The molecule has 1 aromatic heterocycles. The third-order valence-electron chi connectivity index (χ3n) is 5.39. The molecular weight excluding hydrogens is 427 g/mol. The van der Waals surface area contributed by atoms with Crippen LogP contribution in [0.15, 0.2) is 24.8 Å². The van der Waals surface area contributed by atoms with Gasteiger partial charge in [0.05, 0.1) is 24.3 Å². The van der Waals surface area contributed by atoms with Crippen LogP contribution in [0.5, 0.6) is 11.5 Å². The Morgan fingerprint density at radius 3 is 2.53 bits per heavy atom. The van der Waals surface area contributed by atoms with Gasteiger partial charge in [-0.05, 0) is 18.9 Å². The lowest BCUT2D eigenvalue weighted by Gasteiger charge is -2.31. The standard InChI is InChI=1S/C21H26Cl2N4O3/c1-4-19(28)25-14-8-6-5-7-12(14)15-9-18(27-26-15)24-11-13-20(22)16(29-2)10-17(30-3)21(13)23/h4,9-10,12,14H,1,5-8,11H2,2-3H3,(H,25,28)(H2,24,26,27)/t12-,14-/m1/s1. The van der Waals surface area contributed by atoms with E-state index < -0.39 is 0 Å². The second kappa shape index (κ2) is 10.1. The molecule has 1 saturated carbocycles. The molecule has 0 aliphatic heterocycles. The van der Waals surface area contributed by atoms with Crippen LogP contribution in [0.3, 0.4) is 0 Å². The van der Waals surface area contributed by atoms with E-state index in [1.807, 2.05) is 6.07 Å². The van der Waals surface area contributed by atoms with Crippen molar-refractivity contribution in [3.05, 3.63) is 46.1 Å². The fraction of sp³-hybridized carbons (Fsp3) is 0.429. The smallest absolute Gasteiger partial charge is 0.243 e. The van der Waals surface area contributed by atoms with Crippen LogP contribution in [0.1, 0.15) is 42.9 Å². The second-order valence-electron chi connectivity index (χ2n) is 7.16. The van der Waals surface area contributed by atoms with Crippen LogP contribution >= 0.6 is 23.2 Å². The van der Waals surface area contributed by atoms with E-state index in [4.69, 9.17) is 32.7 Å². The number of H-pyrrole nitrogens is 1. The van der Waals surface area contributed by atoms with Crippen LogP contribution in [-0.4, -0.2) is 36.4 Å². The molecule has 1 aromatic carbocycles. The first-order valence-electron chi connectivity index (χ1n) is 9.79. The molecule has 0 spiro atoms. The Hall–Kier alpha value is -2.38. The quantitative estimate of drug-likeness (QED) is 0.506. The number of carbonyl (C=O) groups excluding carboxylic acids is 1. The Kier molecular flexibility index (Phi) is 7.50. The minimum absolute atomic E-state index is 0.0593. The first-order chi connectivity index (χ1) is 14.5. The molecule has 2 aromatic rings. The highest BCUT2D eigenvalue weighted by atomic mass is 35.5. The number of carbonyl (C=O) groups is 1. The molecule has 1 heterocycles. The number of nitrogens with zero attached hydrogens (tertiary/aromatic N) is 1. The summed E-state index contributed by atoms with van der Waals surface area (Å²) in [6.45, 7) is 3.88. The topological polar surface area (TPSA) is 88.3 Å². The molecule has 3 N–H and O–H groups in total. The minimum Gasteiger partial charge on any atom is -0.495 e. The number of nitrogens with one attached hydrogen (secondary N) is 3. The van der Waals surface area contributed by atoms with Crippen LogP contribution in [-0.2, 0) is 11.3 Å². The molecule has 0 radical (unpaired) electrons. The number of amides is 1. The minimum atomic E-state index is -0.152. The Morgan fingerprint density at radius 2 is 1.90 bits per heavy atom. The maximum atomic E-state index is 11.8. The summed E-state index contributed by atoms with van der Waals surface area (Å²) in [6.07, 6.45) is 5.42. The third-order valence-corrected chi connectivity index (χ3v) is 6.22. The summed E-state index contributed by atoms with van der Waals surface area (Å²) in [7, 11) is 3.08. The molecule has 2 atom stereocenters. The summed E-state index contributed by atoms with van der Waals surface area (Å²) in [5.74, 6) is 1.66. The molecule has 3 rings (SSSR count). The molecule has 162 valence electrons. The average molecular weight is 453 g/mol. The largest absolute Gasteiger partial charge is 0.495 e. The van der Waals surface area contributed by atoms with Gasteiger partial charge in [-0.1, -0.05) is 42.6 Å². The molecule has 1 aliphatic carbocycles. The van der Waals surface area contributed by atoms with Gasteiger partial charge in [-0.2, -0.15) is 5.10 Å². The number of ether oxygens (including phenoxy) is 2. The zero-order valence-corrected chi connectivity index (χ0v) is 18.6. The van der Waals surface area contributed by atoms with E-state index >= 15 is 0 Å². The fourth-order valence-electron chi connectivity index (χ4n) is 3.81. The van der Waals surface area contributed by atoms with E-state index in [2.05, 4.69) is 27.4 Å². The SMILES string of the molecule is C=CC(=O)N[C@@H]1CCCC[C@H]1c1cc(NCc2c(Cl)c(OC)cc(OC)c2Cl)n[nH]1. The van der Waals surface area contributed by atoms with E-state index in [1.54, 1.807) is 6.07 Å². The van der Waals surface area contributed by atoms with Crippen molar-refractivity contribution in [3.63, 3.8) is 0 Å². The zero-order chi connectivity index (χ0) is 21.7. The molecular formula is C21H26Cl2N4O3. The number of aromatic nitrogens is 2. The first kappa shape index (κ1) is 22.3. The maximum absolute atomic E-state index is 11.8. The molecule has 1 amide bonds. The zero-order valence-electron chi connectivity index (χ0n) is 17.1. The summed E-state index contributed by atoms with van der Waals surface area (Å²) < 4.78 is 10.6. The summed E-state index contributed by atoms with van der Waals surface area (Å²) in [6, 6.07) is 3.67. The number of halogens is 2. The van der Waals surface area contributed by atoms with Gasteiger partial charge in [0.1, 0.15) is 17.3 Å². The molecule has 0 unspecified atom stereocenters. The molecule has 30 heavy (non-hydrogen) atoms. The van der Waals surface area contributed by atoms with Crippen molar-refractivity contribution in [1.82, 2.24) is 15.5 Å². The normalized spacial score (nSPS) is 18.5. The number of benzene rings is 1. The Labute approximate surface area is 186 Å². The summed E-state index contributed by atoms with van der Waals surface area (Å²) in [5.41, 5.74) is 1.64. The van der Waals surface area contributed by atoms with Gasteiger partial charge in [0.25, 0.3) is 0 Å². The lowest BCUT2D eigenvalue weighted by Crippen LogP contribution is -2.40. The van der Waals surface area contributed by atoms with E-state index in [0.29, 0.717) is 39.5 Å². The Balaban J connectivity index is 1.75. The maximum Gasteiger partial charge on any atom is 0.243 e. The molecule has 1 aliphatic rings. The predicted molar refractivity (Wildman–Crippen MR) is 119 cm³/mol. The van der Waals surface area contributed by atoms with Gasteiger partial charge in [-0.15, -0.1) is 0 Å². The Bertz CT molecular complexity index is 888. The van der Waals surface area contributed by atoms with Crippen molar-refractivity contribution < 1.29 is 14.3 Å². The van der Waals surface area contributed by atoms with Gasteiger partial charge in [0.15, 0.2) is 0 Å². The van der Waals surface area contributed by atoms with Crippen molar-refractivity contribution >= 4 is 34.9 Å². The van der Waals surface area contributed by atoms with Gasteiger partial charge in [0, 0.05) is 41.9 Å². The highest BCUT2D eigenvalue weighted by Gasteiger charge is 2.29. The number of anilines is 1. The van der Waals surface area contributed by atoms with Gasteiger partial charge in [-0.3, -0.25) is 9.89 Å². The summed E-state index contributed by atoms with van der Waals surface area (Å²) >= 11 is 12.9. The second-order valence-corrected chi connectivity index (χ2v) is 7.92.